The molecular formula is C29H40N2O3. The van der Waals surface area contributed by atoms with Gasteiger partial charge in [0.1, 0.15) is 5.75 Å². The van der Waals surface area contributed by atoms with Gasteiger partial charge in [0.15, 0.2) is 11.5 Å². The Morgan fingerprint density at radius 2 is 2.00 bits per heavy atom. The number of nitrogens with zero attached hydrogens (tertiary/aromatic N) is 2. The Bertz CT molecular complexity index is 987. The molecule has 2 aliphatic heterocycles. The van der Waals surface area contributed by atoms with Crippen molar-refractivity contribution < 1.29 is 14.2 Å². The fraction of sp³-hybridized carbons (Fsp3) is 0.517. The third-order valence-electron chi connectivity index (χ3n) is 6.74. The van der Waals surface area contributed by atoms with Gasteiger partial charge in [-0.25, -0.2) is 0 Å². The van der Waals surface area contributed by atoms with Gasteiger partial charge >= 0.3 is 0 Å². The molecule has 0 spiro atoms. The third-order valence-corrected chi connectivity index (χ3v) is 6.74. The largest absolute Gasteiger partial charge is 0.497 e. The van der Waals surface area contributed by atoms with Crippen LogP contribution < -0.4 is 14.2 Å². The van der Waals surface area contributed by atoms with Crippen LogP contribution in [0.15, 0.2) is 48.7 Å². The van der Waals surface area contributed by atoms with Crippen molar-refractivity contribution in [3.63, 3.8) is 0 Å². The van der Waals surface area contributed by atoms with Gasteiger partial charge in [-0.2, -0.15) is 0 Å². The standard InChI is InChI=1S/C29H40N2O3/c1-21(2)17-31(19-25-14-22(3)29-28(16-25)33-12-7-13-34-29)23(4)26-10-11-30(20-26)18-24-8-6-9-27(15-24)32-5/h6,8-9,14-16,21,26H,4,7,10-13,17-20H2,1-3,5H3. The van der Waals surface area contributed by atoms with Crippen LogP contribution in [0.4, 0.5) is 0 Å². The van der Waals surface area contributed by atoms with Gasteiger partial charge in [-0.3, -0.25) is 4.90 Å². The van der Waals surface area contributed by atoms with Crippen molar-refractivity contribution >= 4 is 0 Å². The van der Waals surface area contributed by atoms with E-state index in [9.17, 15) is 0 Å². The first-order valence-electron chi connectivity index (χ1n) is 12.6. The summed E-state index contributed by atoms with van der Waals surface area (Å²) in [6.07, 6.45) is 2.07. The second-order valence-electron chi connectivity index (χ2n) is 10.1. The van der Waals surface area contributed by atoms with Crippen LogP contribution in [0.25, 0.3) is 0 Å². The molecule has 2 aliphatic rings. The Labute approximate surface area is 205 Å². The van der Waals surface area contributed by atoms with Crippen molar-refractivity contribution in [2.75, 3.05) is 40.0 Å². The normalized spacial score (nSPS) is 18.1. The molecule has 184 valence electrons. The summed E-state index contributed by atoms with van der Waals surface area (Å²) < 4.78 is 17.3. The smallest absolute Gasteiger partial charge is 0.164 e. The molecule has 0 N–H and O–H groups in total. The van der Waals surface area contributed by atoms with Gasteiger partial charge in [-0.15, -0.1) is 0 Å². The molecule has 0 amide bonds. The van der Waals surface area contributed by atoms with Crippen molar-refractivity contribution in [2.24, 2.45) is 11.8 Å². The summed E-state index contributed by atoms with van der Waals surface area (Å²) in [5, 5.41) is 0. The summed E-state index contributed by atoms with van der Waals surface area (Å²) in [4.78, 5) is 5.03. The highest BCUT2D eigenvalue weighted by molar-refractivity contribution is 5.49. The lowest BCUT2D eigenvalue weighted by atomic mass is 10.0. The lowest BCUT2D eigenvalue weighted by Gasteiger charge is -2.32. The predicted octanol–water partition coefficient (Wildman–Crippen LogP) is 5.66. The van der Waals surface area contributed by atoms with Crippen molar-refractivity contribution in [2.45, 2.75) is 46.7 Å². The van der Waals surface area contributed by atoms with E-state index in [4.69, 9.17) is 14.2 Å². The van der Waals surface area contributed by atoms with E-state index in [0.29, 0.717) is 18.4 Å². The first-order chi connectivity index (χ1) is 16.4. The number of hydrogen-bond acceptors (Lipinski definition) is 5. The van der Waals surface area contributed by atoms with Gasteiger partial charge in [0.2, 0.25) is 0 Å². The molecule has 0 bridgehead atoms. The number of aryl methyl sites for hydroxylation is 1. The SMILES string of the molecule is C=C(C1CCN(Cc2cccc(OC)c2)C1)N(Cc1cc(C)c2c(c1)OCCCO2)CC(C)C. The van der Waals surface area contributed by atoms with Crippen molar-refractivity contribution in [3.05, 3.63) is 65.4 Å². The van der Waals surface area contributed by atoms with Gasteiger partial charge < -0.3 is 19.1 Å². The van der Waals surface area contributed by atoms with Crippen LogP contribution in [0.5, 0.6) is 17.2 Å². The topological polar surface area (TPSA) is 34.2 Å². The van der Waals surface area contributed by atoms with Gasteiger partial charge in [0, 0.05) is 44.2 Å². The Kier molecular flexibility index (Phi) is 8.04. The zero-order valence-electron chi connectivity index (χ0n) is 21.3. The summed E-state index contributed by atoms with van der Waals surface area (Å²) in [7, 11) is 1.73. The molecule has 0 radical (unpaired) electrons. The van der Waals surface area contributed by atoms with E-state index < -0.39 is 0 Å². The van der Waals surface area contributed by atoms with E-state index in [1.54, 1.807) is 7.11 Å². The Morgan fingerprint density at radius 1 is 1.18 bits per heavy atom. The highest BCUT2D eigenvalue weighted by Gasteiger charge is 2.28. The minimum absolute atomic E-state index is 0.478. The van der Waals surface area contributed by atoms with Crippen LogP contribution in [-0.4, -0.2) is 49.8 Å². The Morgan fingerprint density at radius 3 is 2.79 bits per heavy atom. The lowest BCUT2D eigenvalue weighted by Crippen LogP contribution is -2.31. The lowest BCUT2D eigenvalue weighted by molar-refractivity contribution is 0.256. The molecule has 4 rings (SSSR count). The molecule has 1 fully saturated rings. The fourth-order valence-corrected chi connectivity index (χ4v) is 5.09. The van der Waals surface area contributed by atoms with Crippen molar-refractivity contribution in [3.8, 4) is 17.2 Å². The van der Waals surface area contributed by atoms with Gasteiger partial charge in [0.05, 0.1) is 20.3 Å². The highest BCUT2D eigenvalue weighted by atomic mass is 16.5. The summed E-state index contributed by atoms with van der Waals surface area (Å²) in [5.41, 5.74) is 4.96. The minimum Gasteiger partial charge on any atom is -0.497 e. The van der Waals surface area contributed by atoms with Crippen molar-refractivity contribution in [1.29, 1.82) is 0 Å². The first-order valence-corrected chi connectivity index (χ1v) is 12.6. The van der Waals surface area contributed by atoms with Crippen LogP contribution in [0.2, 0.25) is 0 Å². The molecule has 2 heterocycles. The van der Waals surface area contributed by atoms with E-state index >= 15 is 0 Å². The monoisotopic (exact) mass is 464 g/mol. The second-order valence-corrected chi connectivity index (χ2v) is 10.1. The average Bonchev–Trinajstić information content (AvgIpc) is 3.13. The number of benzene rings is 2. The molecule has 34 heavy (non-hydrogen) atoms. The maximum Gasteiger partial charge on any atom is 0.164 e. The maximum absolute atomic E-state index is 6.00. The van der Waals surface area contributed by atoms with Crippen LogP contribution in [-0.2, 0) is 13.1 Å². The maximum atomic E-state index is 6.00. The first kappa shape index (κ1) is 24.5. The fourth-order valence-electron chi connectivity index (χ4n) is 5.09. The number of fused-ring (bicyclic) bond motifs is 1. The zero-order valence-corrected chi connectivity index (χ0v) is 21.3. The molecule has 2 aromatic carbocycles. The molecule has 1 unspecified atom stereocenters. The number of hydrogen-bond donors (Lipinski definition) is 0. The van der Waals surface area contributed by atoms with E-state index in [-0.39, 0.29) is 0 Å². The Hall–Kier alpha value is -2.66. The Balaban J connectivity index is 1.44. The summed E-state index contributed by atoms with van der Waals surface area (Å²) in [5.74, 6) is 3.75. The second kappa shape index (κ2) is 11.2. The molecule has 5 nitrogen and oxygen atoms in total. The van der Waals surface area contributed by atoms with Crippen molar-refractivity contribution in [1.82, 2.24) is 9.80 Å². The van der Waals surface area contributed by atoms with E-state index in [2.05, 4.69) is 67.5 Å². The number of ether oxygens (including phenoxy) is 3. The summed E-state index contributed by atoms with van der Waals surface area (Å²) in [6.45, 7) is 17.7. The highest BCUT2D eigenvalue weighted by Crippen LogP contribution is 2.36. The molecule has 0 aromatic heterocycles. The van der Waals surface area contributed by atoms with Gasteiger partial charge in [-0.05, 0) is 60.7 Å². The zero-order chi connectivity index (χ0) is 24.1. The van der Waals surface area contributed by atoms with Crippen LogP contribution in [0.3, 0.4) is 0 Å². The summed E-state index contributed by atoms with van der Waals surface area (Å²) in [6, 6.07) is 12.8. The molecule has 0 aliphatic carbocycles. The molecule has 1 atom stereocenters. The number of methoxy groups -OCH3 is 1. The van der Waals surface area contributed by atoms with Crippen LogP contribution in [0.1, 0.15) is 43.4 Å². The molecular weight excluding hydrogens is 424 g/mol. The van der Waals surface area contributed by atoms with Gasteiger partial charge in [-0.1, -0.05) is 38.6 Å². The van der Waals surface area contributed by atoms with E-state index in [1.165, 1.54) is 16.8 Å². The molecule has 5 heteroatoms. The third kappa shape index (κ3) is 6.06. The van der Waals surface area contributed by atoms with E-state index in [1.807, 2.05) is 6.07 Å². The predicted molar refractivity (Wildman–Crippen MR) is 138 cm³/mol. The number of rotatable bonds is 9. The molecule has 2 aromatic rings. The number of likely N-dealkylation sites (tertiary alicyclic amines) is 1. The average molecular weight is 465 g/mol. The minimum atomic E-state index is 0.478. The summed E-state index contributed by atoms with van der Waals surface area (Å²) >= 11 is 0. The van der Waals surface area contributed by atoms with Crippen LogP contribution in [0, 0.1) is 18.8 Å². The van der Waals surface area contributed by atoms with Crippen LogP contribution >= 0.6 is 0 Å². The van der Waals surface area contributed by atoms with Gasteiger partial charge in [0.25, 0.3) is 0 Å². The van der Waals surface area contributed by atoms with E-state index in [0.717, 1.165) is 75.0 Å². The molecule has 0 saturated carbocycles. The quantitative estimate of drug-likeness (QED) is 0.478. The molecule has 1 saturated heterocycles.